The minimum absolute atomic E-state index is 0.0231. The molecule has 1 fully saturated rings. The summed E-state index contributed by atoms with van der Waals surface area (Å²) in [6.45, 7) is 12.7. The molecule has 2 atom stereocenters. The number of methoxy groups -OCH3 is 1. The second-order valence-corrected chi connectivity index (χ2v) is 6.79. The maximum Gasteiger partial charge on any atom is 0.242 e. The number of hydrogen-bond acceptors (Lipinski definition) is 5. The summed E-state index contributed by atoms with van der Waals surface area (Å²) in [6, 6.07) is 2.32. The number of anilines is 1. The number of carbonyl (C=O) groups excluding carboxylic acids is 1. The van der Waals surface area contributed by atoms with Gasteiger partial charge in [0.2, 0.25) is 5.91 Å². The van der Waals surface area contributed by atoms with Crippen LogP contribution in [0.5, 0.6) is 0 Å². The maximum atomic E-state index is 12.6. The fraction of sp³-hybridized carbons (Fsp3) is 0.765. The van der Waals surface area contributed by atoms with Crippen LogP contribution >= 0.6 is 0 Å². The summed E-state index contributed by atoms with van der Waals surface area (Å²) >= 11 is 0. The van der Waals surface area contributed by atoms with E-state index in [4.69, 9.17) is 4.74 Å². The van der Waals surface area contributed by atoms with Gasteiger partial charge in [-0.3, -0.25) is 14.6 Å². The van der Waals surface area contributed by atoms with Crippen LogP contribution in [0.3, 0.4) is 0 Å². The molecule has 1 N–H and O–H groups in total. The third-order valence-electron chi connectivity index (χ3n) is 4.72. The van der Waals surface area contributed by atoms with Crippen LogP contribution in [-0.4, -0.2) is 77.5 Å². The maximum absolute atomic E-state index is 12.6. The molecule has 24 heavy (non-hydrogen) atoms. The zero-order chi connectivity index (χ0) is 17.7. The fourth-order valence-corrected chi connectivity index (χ4v) is 3.14. The molecule has 0 aromatic carbocycles. The Balaban J connectivity index is 1.90. The minimum Gasteiger partial charge on any atom is -0.383 e. The van der Waals surface area contributed by atoms with Crippen LogP contribution in [-0.2, 0) is 9.53 Å². The van der Waals surface area contributed by atoms with Gasteiger partial charge in [-0.05, 0) is 27.7 Å². The Kier molecular flexibility index (Phi) is 6.77. The lowest BCUT2D eigenvalue weighted by atomic mass is 10.1. The summed E-state index contributed by atoms with van der Waals surface area (Å²) in [7, 11) is 1.73. The summed E-state index contributed by atoms with van der Waals surface area (Å²) in [5, 5.41) is 7.28. The predicted octanol–water partition coefficient (Wildman–Crippen LogP) is 1.44. The predicted molar refractivity (Wildman–Crippen MR) is 95.2 cm³/mol. The normalized spacial score (nSPS) is 21.2. The summed E-state index contributed by atoms with van der Waals surface area (Å²) in [5.74, 6) is 0.781. The summed E-state index contributed by atoms with van der Waals surface area (Å²) < 4.78 is 7.00. The van der Waals surface area contributed by atoms with Gasteiger partial charge in [-0.1, -0.05) is 0 Å². The fourth-order valence-electron chi connectivity index (χ4n) is 3.14. The molecule has 0 spiro atoms. The lowest BCUT2D eigenvalue weighted by Crippen LogP contribution is -2.57. The van der Waals surface area contributed by atoms with Crippen LogP contribution in [0.15, 0.2) is 12.3 Å². The van der Waals surface area contributed by atoms with Gasteiger partial charge in [-0.15, -0.1) is 0 Å². The van der Waals surface area contributed by atoms with Crippen LogP contribution < -0.4 is 5.32 Å². The van der Waals surface area contributed by atoms with Crippen molar-refractivity contribution in [3.05, 3.63) is 12.3 Å². The number of nitrogens with zero attached hydrogens (tertiary/aromatic N) is 4. The van der Waals surface area contributed by atoms with Crippen molar-refractivity contribution in [2.75, 3.05) is 45.2 Å². The molecule has 7 heteroatoms. The van der Waals surface area contributed by atoms with E-state index in [0.29, 0.717) is 6.04 Å². The summed E-state index contributed by atoms with van der Waals surface area (Å²) in [4.78, 5) is 17.3. The number of rotatable bonds is 7. The standard InChI is InChI=1S/C17H31N5O2/c1-13(2)22-16(6-7-18-22)19-17(23)15(4)21-9-8-20(10-11-24-5)14(3)12-21/h6-7,13-15H,8-12H2,1-5H3,(H,19,23)/t14-,15-/m0/s1. The van der Waals surface area contributed by atoms with Gasteiger partial charge < -0.3 is 10.1 Å². The molecule has 136 valence electrons. The van der Waals surface area contributed by atoms with Crippen molar-refractivity contribution in [2.24, 2.45) is 0 Å². The highest BCUT2D eigenvalue weighted by Gasteiger charge is 2.29. The zero-order valence-electron chi connectivity index (χ0n) is 15.5. The molecule has 1 aromatic rings. The highest BCUT2D eigenvalue weighted by molar-refractivity contribution is 5.93. The van der Waals surface area contributed by atoms with E-state index in [2.05, 4.69) is 27.1 Å². The smallest absolute Gasteiger partial charge is 0.242 e. The van der Waals surface area contributed by atoms with E-state index < -0.39 is 0 Å². The van der Waals surface area contributed by atoms with Gasteiger partial charge in [-0.25, -0.2) is 4.68 Å². The average Bonchev–Trinajstić information content (AvgIpc) is 3.01. The van der Waals surface area contributed by atoms with Crippen molar-refractivity contribution >= 4 is 11.7 Å². The number of nitrogens with one attached hydrogen (secondary N) is 1. The first kappa shape index (κ1) is 18.9. The van der Waals surface area contributed by atoms with Crippen molar-refractivity contribution in [1.82, 2.24) is 19.6 Å². The first-order chi connectivity index (χ1) is 11.4. The van der Waals surface area contributed by atoms with Crippen molar-refractivity contribution in [3.63, 3.8) is 0 Å². The second-order valence-electron chi connectivity index (χ2n) is 6.79. The molecule has 0 aliphatic carbocycles. The number of carbonyl (C=O) groups is 1. The van der Waals surface area contributed by atoms with Crippen LogP contribution in [0.25, 0.3) is 0 Å². The van der Waals surface area contributed by atoms with Crippen molar-refractivity contribution in [2.45, 2.75) is 45.8 Å². The Morgan fingerprint density at radius 1 is 1.42 bits per heavy atom. The van der Waals surface area contributed by atoms with Crippen molar-refractivity contribution < 1.29 is 9.53 Å². The molecule has 0 radical (unpaired) electrons. The molecular formula is C17H31N5O2. The topological polar surface area (TPSA) is 62.6 Å². The largest absolute Gasteiger partial charge is 0.383 e. The Morgan fingerprint density at radius 2 is 2.17 bits per heavy atom. The first-order valence-electron chi connectivity index (χ1n) is 8.75. The SMILES string of the molecule is COCCN1CCN([C@@H](C)C(=O)Nc2ccnn2C(C)C)C[C@@H]1C. The van der Waals surface area contributed by atoms with Crippen LogP contribution in [0.2, 0.25) is 0 Å². The summed E-state index contributed by atoms with van der Waals surface area (Å²) in [5.41, 5.74) is 0. The average molecular weight is 337 g/mol. The molecule has 1 saturated heterocycles. The van der Waals surface area contributed by atoms with Crippen LogP contribution in [0, 0.1) is 0 Å². The quantitative estimate of drug-likeness (QED) is 0.816. The van der Waals surface area contributed by atoms with Gasteiger partial charge in [0.1, 0.15) is 5.82 Å². The van der Waals surface area contributed by atoms with Crippen molar-refractivity contribution in [3.8, 4) is 0 Å². The van der Waals surface area contributed by atoms with Gasteiger partial charge in [0.15, 0.2) is 0 Å². The zero-order valence-corrected chi connectivity index (χ0v) is 15.5. The molecular weight excluding hydrogens is 306 g/mol. The van der Waals surface area contributed by atoms with E-state index in [0.717, 1.165) is 38.6 Å². The third kappa shape index (κ3) is 4.55. The molecule has 0 saturated carbocycles. The van der Waals surface area contributed by atoms with Crippen molar-refractivity contribution in [1.29, 1.82) is 0 Å². The van der Waals surface area contributed by atoms with E-state index in [-0.39, 0.29) is 18.0 Å². The van der Waals surface area contributed by atoms with E-state index in [1.54, 1.807) is 13.3 Å². The van der Waals surface area contributed by atoms with Gasteiger partial charge in [-0.2, -0.15) is 5.10 Å². The molecule has 1 aliphatic rings. The third-order valence-corrected chi connectivity index (χ3v) is 4.72. The van der Waals surface area contributed by atoms with Gasteiger partial charge >= 0.3 is 0 Å². The molecule has 1 amide bonds. The van der Waals surface area contributed by atoms with E-state index >= 15 is 0 Å². The Labute approximate surface area is 144 Å². The van der Waals surface area contributed by atoms with Gasteiger partial charge in [0.05, 0.1) is 18.8 Å². The number of ether oxygens (including phenoxy) is 1. The number of amides is 1. The minimum atomic E-state index is -0.160. The highest BCUT2D eigenvalue weighted by Crippen LogP contribution is 2.16. The molecule has 2 heterocycles. The highest BCUT2D eigenvalue weighted by atomic mass is 16.5. The van der Waals surface area contributed by atoms with E-state index in [1.165, 1.54) is 0 Å². The molecule has 7 nitrogen and oxygen atoms in total. The van der Waals surface area contributed by atoms with Crippen LogP contribution in [0.4, 0.5) is 5.82 Å². The molecule has 1 aliphatic heterocycles. The van der Waals surface area contributed by atoms with E-state index in [1.807, 2.05) is 31.5 Å². The number of hydrogen-bond donors (Lipinski definition) is 1. The second kappa shape index (κ2) is 8.60. The Morgan fingerprint density at radius 3 is 2.79 bits per heavy atom. The lowest BCUT2D eigenvalue weighted by molar-refractivity contribution is -0.122. The molecule has 0 bridgehead atoms. The Bertz CT molecular complexity index is 531. The summed E-state index contributed by atoms with van der Waals surface area (Å²) in [6.07, 6.45) is 1.72. The molecule has 1 aromatic heterocycles. The van der Waals surface area contributed by atoms with E-state index in [9.17, 15) is 4.79 Å². The van der Waals surface area contributed by atoms with Gasteiger partial charge in [0.25, 0.3) is 0 Å². The Hall–Kier alpha value is -1.44. The van der Waals surface area contributed by atoms with Gasteiger partial charge in [0, 0.05) is 51.4 Å². The monoisotopic (exact) mass is 337 g/mol. The molecule has 0 unspecified atom stereocenters. The molecule has 2 rings (SSSR count). The number of aromatic nitrogens is 2. The van der Waals surface area contributed by atoms with Crippen LogP contribution in [0.1, 0.15) is 33.7 Å². The lowest BCUT2D eigenvalue weighted by Gasteiger charge is -2.41. The number of piperazine rings is 1. The first-order valence-corrected chi connectivity index (χ1v) is 8.75.